The molecule has 0 aromatic carbocycles. The summed E-state index contributed by atoms with van der Waals surface area (Å²) in [6.07, 6.45) is 5.38. The van der Waals surface area contributed by atoms with Crippen LogP contribution < -0.4 is 10.6 Å². The maximum atomic E-state index is 14.5. The molecule has 0 atom stereocenters. The van der Waals surface area contributed by atoms with Crippen molar-refractivity contribution in [1.82, 2.24) is 19.9 Å². The van der Waals surface area contributed by atoms with Crippen molar-refractivity contribution in [1.29, 1.82) is 0 Å². The van der Waals surface area contributed by atoms with Crippen molar-refractivity contribution in [2.45, 2.75) is 38.2 Å². The molecule has 0 radical (unpaired) electrons. The molecule has 1 saturated heterocycles. The summed E-state index contributed by atoms with van der Waals surface area (Å²) < 4.78 is 29.1. The van der Waals surface area contributed by atoms with E-state index < -0.39 is 5.92 Å². The Balaban J connectivity index is 1.33. The lowest BCUT2D eigenvalue weighted by Gasteiger charge is -2.34. The zero-order valence-electron chi connectivity index (χ0n) is 15.4. The molecule has 4 heterocycles. The zero-order valence-corrected chi connectivity index (χ0v) is 15.4. The fraction of sp³-hybridized carbons (Fsp3) is 0.526. The molecule has 144 valence electrons. The molecular formula is C19H24F2N6. The van der Waals surface area contributed by atoms with Gasteiger partial charge in [0.2, 0.25) is 0 Å². The van der Waals surface area contributed by atoms with Gasteiger partial charge in [0, 0.05) is 48.7 Å². The number of pyridine rings is 1. The molecule has 6 nitrogen and oxygen atoms in total. The van der Waals surface area contributed by atoms with Crippen LogP contribution in [0, 0.1) is 6.92 Å². The van der Waals surface area contributed by atoms with Gasteiger partial charge in [0.25, 0.3) is 5.92 Å². The molecule has 1 fully saturated rings. The summed E-state index contributed by atoms with van der Waals surface area (Å²) in [5.74, 6) is -1.11. The highest BCUT2D eigenvalue weighted by Crippen LogP contribution is 2.31. The number of nitrogens with zero attached hydrogens (tertiary/aromatic N) is 4. The van der Waals surface area contributed by atoms with Crippen LogP contribution in [0.2, 0.25) is 0 Å². The predicted molar refractivity (Wildman–Crippen MR) is 100 cm³/mol. The van der Waals surface area contributed by atoms with Gasteiger partial charge in [0.1, 0.15) is 18.0 Å². The monoisotopic (exact) mass is 374 g/mol. The minimum atomic E-state index is -2.89. The third-order valence-corrected chi connectivity index (χ3v) is 5.30. The fourth-order valence-electron chi connectivity index (χ4n) is 3.72. The molecule has 8 heteroatoms. The van der Waals surface area contributed by atoms with Crippen LogP contribution in [0.3, 0.4) is 0 Å². The third-order valence-electron chi connectivity index (χ3n) is 5.30. The molecule has 0 amide bonds. The molecule has 2 N–H and O–H groups in total. The van der Waals surface area contributed by atoms with E-state index in [1.807, 2.05) is 4.90 Å². The van der Waals surface area contributed by atoms with E-state index >= 15 is 0 Å². The maximum absolute atomic E-state index is 14.5. The number of nitrogens with one attached hydrogen (secondary N) is 2. The Labute approximate surface area is 157 Å². The van der Waals surface area contributed by atoms with Crippen molar-refractivity contribution in [3.63, 3.8) is 0 Å². The van der Waals surface area contributed by atoms with E-state index in [9.17, 15) is 8.78 Å². The Bertz CT molecular complexity index is 787. The van der Waals surface area contributed by atoms with Gasteiger partial charge in [-0.25, -0.2) is 9.97 Å². The number of aryl methyl sites for hydroxylation is 1. The second-order valence-corrected chi connectivity index (χ2v) is 7.31. The number of alkyl halides is 2. The SMILES string of the molecule is Cc1ccc(C(F)(F)CN2CCC(Nc3ncnc4c3CCN4)CC2)cn1. The van der Waals surface area contributed by atoms with Crippen molar-refractivity contribution in [2.24, 2.45) is 0 Å². The normalized spacial score (nSPS) is 18.2. The molecule has 2 aliphatic heterocycles. The van der Waals surface area contributed by atoms with E-state index in [0.29, 0.717) is 13.1 Å². The number of hydrogen-bond donors (Lipinski definition) is 2. The summed E-state index contributed by atoms with van der Waals surface area (Å²) >= 11 is 0. The Morgan fingerprint density at radius 3 is 2.78 bits per heavy atom. The van der Waals surface area contributed by atoms with Crippen LogP contribution in [0.25, 0.3) is 0 Å². The third kappa shape index (κ3) is 4.00. The minimum absolute atomic E-state index is 0.0163. The second-order valence-electron chi connectivity index (χ2n) is 7.31. The van der Waals surface area contributed by atoms with Gasteiger partial charge in [-0.05, 0) is 38.3 Å². The van der Waals surface area contributed by atoms with Crippen LogP contribution in [0.4, 0.5) is 20.4 Å². The molecule has 2 aromatic heterocycles. The Morgan fingerprint density at radius 2 is 2.04 bits per heavy atom. The van der Waals surface area contributed by atoms with E-state index in [0.717, 1.165) is 48.7 Å². The highest BCUT2D eigenvalue weighted by molar-refractivity contribution is 5.60. The van der Waals surface area contributed by atoms with Gasteiger partial charge >= 0.3 is 0 Å². The highest BCUT2D eigenvalue weighted by atomic mass is 19.3. The predicted octanol–water partition coefficient (Wildman–Crippen LogP) is 2.82. The van der Waals surface area contributed by atoms with Crippen molar-refractivity contribution < 1.29 is 8.78 Å². The van der Waals surface area contributed by atoms with E-state index in [1.165, 1.54) is 12.3 Å². The number of likely N-dealkylation sites (tertiary alicyclic amines) is 1. The summed E-state index contributed by atoms with van der Waals surface area (Å²) in [6, 6.07) is 3.35. The summed E-state index contributed by atoms with van der Waals surface area (Å²) in [4.78, 5) is 14.4. The fourth-order valence-corrected chi connectivity index (χ4v) is 3.72. The number of rotatable bonds is 5. The van der Waals surface area contributed by atoms with E-state index in [1.54, 1.807) is 19.3 Å². The smallest absolute Gasteiger partial charge is 0.287 e. The number of anilines is 2. The second kappa shape index (κ2) is 7.34. The number of fused-ring (bicyclic) bond motifs is 1. The summed E-state index contributed by atoms with van der Waals surface area (Å²) in [5.41, 5.74) is 1.85. The van der Waals surface area contributed by atoms with Crippen molar-refractivity contribution in [3.05, 3.63) is 41.5 Å². The standard InChI is InChI=1S/C19H24F2N6/c1-13-2-3-14(10-23-13)19(20,21)11-27-8-5-15(6-9-27)26-18-16-4-7-22-17(16)24-12-25-18/h2-3,10,12,15H,4-9,11H2,1H3,(H2,22,24,25,26). The van der Waals surface area contributed by atoms with Crippen molar-refractivity contribution >= 4 is 11.6 Å². The lowest BCUT2D eigenvalue weighted by Crippen LogP contribution is -2.43. The van der Waals surface area contributed by atoms with Gasteiger partial charge in [0.05, 0.1) is 6.54 Å². The largest absolute Gasteiger partial charge is 0.369 e. The summed E-state index contributed by atoms with van der Waals surface area (Å²) in [5, 5.41) is 6.73. The number of hydrogen-bond acceptors (Lipinski definition) is 6. The van der Waals surface area contributed by atoms with Crippen LogP contribution in [-0.2, 0) is 12.3 Å². The first-order valence-corrected chi connectivity index (χ1v) is 9.39. The van der Waals surface area contributed by atoms with Gasteiger partial charge in [-0.3, -0.25) is 9.88 Å². The van der Waals surface area contributed by atoms with E-state index in [2.05, 4.69) is 25.6 Å². The quantitative estimate of drug-likeness (QED) is 0.839. The first kappa shape index (κ1) is 18.0. The van der Waals surface area contributed by atoms with Crippen molar-refractivity contribution in [2.75, 3.05) is 36.8 Å². The van der Waals surface area contributed by atoms with Crippen molar-refractivity contribution in [3.8, 4) is 0 Å². The average Bonchev–Trinajstić information content (AvgIpc) is 3.13. The Hall–Kier alpha value is -2.35. The molecular weight excluding hydrogens is 350 g/mol. The molecule has 4 rings (SSSR count). The molecule has 0 aliphatic carbocycles. The van der Waals surface area contributed by atoms with Crippen LogP contribution in [-0.4, -0.2) is 52.1 Å². The minimum Gasteiger partial charge on any atom is -0.369 e. The molecule has 27 heavy (non-hydrogen) atoms. The van der Waals surface area contributed by atoms with Crippen LogP contribution in [0.15, 0.2) is 24.7 Å². The first-order chi connectivity index (χ1) is 13.0. The highest BCUT2D eigenvalue weighted by Gasteiger charge is 2.35. The van der Waals surface area contributed by atoms with Gasteiger partial charge in [-0.1, -0.05) is 0 Å². The molecule has 2 aromatic rings. The van der Waals surface area contributed by atoms with E-state index in [4.69, 9.17) is 0 Å². The topological polar surface area (TPSA) is 66.0 Å². The lowest BCUT2D eigenvalue weighted by atomic mass is 10.0. The average molecular weight is 374 g/mol. The van der Waals surface area contributed by atoms with Gasteiger partial charge in [-0.15, -0.1) is 0 Å². The first-order valence-electron chi connectivity index (χ1n) is 9.39. The molecule has 2 aliphatic rings. The summed E-state index contributed by atoms with van der Waals surface area (Å²) in [6.45, 7) is 3.68. The van der Waals surface area contributed by atoms with Gasteiger partial charge in [0.15, 0.2) is 0 Å². The molecule has 0 bridgehead atoms. The van der Waals surface area contributed by atoms with Gasteiger partial charge < -0.3 is 10.6 Å². The Morgan fingerprint density at radius 1 is 1.22 bits per heavy atom. The Kier molecular flexibility index (Phi) is 4.90. The van der Waals surface area contributed by atoms with Crippen LogP contribution in [0.5, 0.6) is 0 Å². The van der Waals surface area contributed by atoms with Crippen LogP contribution in [0.1, 0.15) is 29.7 Å². The molecule has 0 unspecified atom stereocenters. The van der Waals surface area contributed by atoms with E-state index in [-0.39, 0.29) is 18.2 Å². The maximum Gasteiger partial charge on any atom is 0.287 e. The van der Waals surface area contributed by atoms with Crippen LogP contribution >= 0.6 is 0 Å². The number of piperidine rings is 1. The summed E-state index contributed by atoms with van der Waals surface area (Å²) in [7, 11) is 0. The zero-order chi connectivity index (χ0) is 18.9. The molecule has 0 spiro atoms. The van der Waals surface area contributed by atoms with Gasteiger partial charge in [-0.2, -0.15) is 8.78 Å². The number of aromatic nitrogens is 3. The molecule has 0 saturated carbocycles. The number of halogens is 2. The lowest BCUT2D eigenvalue weighted by molar-refractivity contribution is -0.0424.